The van der Waals surface area contributed by atoms with Gasteiger partial charge < -0.3 is 4.90 Å². The number of nitrogens with zero attached hydrogens (tertiary/aromatic N) is 3. The highest BCUT2D eigenvalue weighted by Crippen LogP contribution is 2.15. The summed E-state index contributed by atoms with van der Waals surface area (Å²) in [5, 5.41) is 3.96. The zero-order valence-corrected chi connectivity index (χ0v) is 14.5. The molecule has 0 atom stereocenters. The summed E-state index contributed by atoms with van der Waals surface area (Å²) in [4.78, 5) is 17.8. The first kappa shape index (κ1) is 18.2. The van der Waals surface area contributed by atoms with E-state index in [0.717, 1.165) is 24.3 Å². The number of benzene rings is 1. The molecule has 7 heteroatoms. The van der Waals surface area contributed by atoms with Crippen molar-refractivity contribution in [3.05, 3.63) is 59.9 Å². The maximum absolute atomic E-state index is 11.8. The molecule has 1 aromatic heterocycles. The number of alkyl halides is 2. The fraction of sp³-hybridized carbons (Fsp3) is 0.235. The molecule has 0 spiro atoms. The Bertz CT molecular complexity index is 656. The first-order chi connectivity index (χ1) is 11.7. The summed E-state index contributed by atoms with van der Waals surface area (Å²) in [5.74, 6) is 0.808. The summed E-state index contributed by atoms with van der Waals surface area (Å²) in [7, 11) is 0. The number of carbonyl (C=O) groups excluding carboxylic acids is 1. The lowest BCUT2D eigenvalue weighted by atomic mass is 10.2. The van der Waals surface area contributed by atoms with Gasteiger partial charge in [0.1, 0.15) is 0 Å². The molecule has 1 heterocycles. The van der Waals surface area contributed by atoms with E-state index in [1.807, 2.05) is 24.3 Å². The number of halogens is 2. The van der Waals surface area contributed by atoms with E-state index in [1.54, 1.807) is 30.7 Å². The minimum atomic E-state index is -0.277. The molecule has 0 fully saturated rings. The number of pyridine rings is 1. The molecule has 0 saturated carbocycles. The summed E-state index contributed by atoms with van der Waals surface area (Å²) in [6, 6.07) is 11.1. The number of hydrazone groups is 1. The van der Waals surface area contributed by atoms with E-state index in [9.17, 15) is 4.79 Å². The molecule has 0 unspecified atom stereocenters. The molecule has 0 radical (unpaired) electrons. The Labute approximate surface area is 151 Å². The SMILES string of the molecule is O=C(NN=Cc1ccc(N(CCCl)CCCl)cc1)c1ccncc1. The average molecular weight is 365 g/mol. The van der Waals surface area contributed by atoms with Crippen molar-refractivity contribution in [1.82, 2.24) is 10.4 Å². The minimum absolute atomic E-state index is 0.277. The van der Waals surface area contributed by atoms with Gasteiger partial charge >= 0.3 is 0 Å². The van der Waals surface area contributed by atoms with Crippen LogP contribution in [-0.2, 0) is 0 Å². The molecule has 0 aliphatic heterocycles. The quantitative estimate of drug-likeness (QED) is 0.444. The Balaban J connectivity index is 1.94. The fourth-order valence-electron chi connectivity index (χ4n) is 2.08. The molecule has 0 bridgehead atoms. The first-order valence-electron chi connectivity index (χ1n) is 7.45. The van der Waals surface area contributed by atoms with Gasteiger partial charge in [0.25, 0.3) is 5.91 Å². The molecular formula is C17H18Cl2N4O. The van der Waals surface area contributed by atoms with Crippen LogP contribution in [0.3, 0.4) is 0 Å². The minimum Gasteiger partial charge on any atom is -0.369 e. The highest BCUT2D eigenvalue weighted by Gasteiger charge is 2.05. The maximum atomic E-state index is 11.8. The molecule has 2 aromatic rings. The fourth-order valence-corrected chi connectivity index (χ4v) is 2.49. The van der Waals surface area contributed by atoms with Gasteiger partial charge in [-0.15, -0.1) is 23.2 Å². The predicted octanol–water partition coefficient (Wildman–Crippen LogP) is 3.13. The molecule has 5 nitrogen and oxygen atoms in total. The van der Waals surface area contributed by atoms with Crippen molar-refractivity contribution in [1.29, 1.82) is 0 Å². The number of carbonyl (C=O) groups is 1. The van der Waals surface area contributed by atoms with E-state index in [1.165, 1.54) is 0 Å². The van der Waals surface area contributed by atoms with Crippen LogP contribution in [0.25, 0.3) is 0 Å². The Morgan fingerprint density at radius 2 is 1.71 bits per heavy atom. The van der Waals surface area contributed by atoms with Crippen molar-refractivity contribution >= 4 is 41.0 Å². The zero-order chi connectivity index (χ0) is 17.2. The highest BCUT2D eigenvalue weighted by molar-refractivity contribution is 6.18. The van der Waals surface area contributed by atoms with Crippen molar-refractivity contribution in [3.63, 3.8) is 0 Å². The molecule has 1 aromatic carbocycles. The summed E-state index contributed by atoms with van der Waals surface area (Å²) in [5.41, 5.74) is 4.92. The number of nitrogens with one attached hydrogen (secondary N) is 1. The van der Waals surface area contributed by atoms with Crippen LogP contribution in [0.1, 0.15) is 15.9 Å². The number of hydrogen-bond donors (Lipinski definition) is 1. The van der Waals surface area contributed by atoms with E-state index < -0.39 is 0 Å². The third-order valence-corrected chi connectivity index (χ3v) is 3.63. The summed E-state index contributed by atoms with van der Waals surface area (Å²) in [6.07, 6.45) is 4.71. The largest absolute Gasteiger partial charge is 0.369 e. The van der Waals surface area contributed by atoms with Crippen LogP contribution in [0.4, 0.5) is 5.69 Å². The molecule has 0 saturated heterocycles. The second-order valence-electron chi connectivity index (χ2n) is 4.89. The van der Waals surface area contributed by atoms with E-state index in [4.69, 9.17) is 23.2 Å². The number of hydrogen-bond acceptors (Lipinski definition) is 4. The summed E-state index contributed by atoms with van der Waals surface area (Å²) >= 11 is 11.6. The molecule has 24 heavy (non-hydrogen) atoms. The summed E-state index contributed by atoms with van der Waals surface area (Å²) < 4.78 is 0. The predicted molar refractivity (Wildman–Crippen MR) is 99.4 cm³/mol. The Morgan fingerprint density at radius 3 is 2.29 bits per heavy atom. The van der Waals surface area contributed by atoms with Gasteiger partial charge in [0.15, 0.2) is 0 Å². The third-order valence-electron chi connectivity index (χ3n) is 3.29. The van der Waals surface area contributed by atoms with Crippen LogP contribution in [0.5, 0.6) is 0 Å². The van der Waals surface area contributed by atoms with Gasteiger partial charge in [0, 0.05) is 48.5 Å². The van der Waals surface area contributed by atoms with Crippen LogP contribution in [-0.4, -0.2) is 42.0 Å². The molecule has 2 rings (SSSR count). The Kier molecular flexibility index (Phi) is 7.52. The van der Waals surface area contributed by atoms with E-state index in [2.05, 4.69) is 20.4 Å². The van der Waals surface area contributed by atoms with Crippen molar-refractivity contribution in [2.24, 2.45) is 5.10 Å². The molecule has 1 amide bonds. The van der Waals surface area contributed by atoms with Gasteiger partial charge in [0.2, 0.25) is 0 Å². The van der Waals surface area contributed by atoms with Gasteiger partial charge in [-0.25, -0.2) is 5.43 Å². The number of rotatable bonds is 8. The molecule has 0 aliphatic carbocycles. The number of amides is 1. The third kappa shape index (κ3) is 5.51. The normalized spacial score (nSPS) is 10.8. The second kappa shape index (κ2) is 9.90. The monoisotopic (exact) mass is 364 g/mol. The standard InChI is InChI=1S/C17H18Cl2N4O/c18-7-11-23(12-8-19)16-3-1-14(2-4-16)13-21-22-17(24)15-5-9-20-10-6-15/h1-6,9-10,13H,7-8,11-12H2,(H,22,24). The van der Waals surface area contributed by atoms with Gasteiger partial charge in [-0.05, 0) is 29.8 Å². The number of aromatic nitrogens is 1. The lowest BCUT2D eigenvalue weighted by molar-refractivity contribution is 0.0955. The maximum Gasteiger partial charge on any atom is 0.271 e. The van der Waals surface area contributed by atoms with Crippen LogP contribution >= 0.6 is 23.2 Å². The Hall–Kier alpha value is -2.11. The van der Waals surface area contributed by atoms with E-state index in [-0.39, 0.29) is 5.91 Å². The lowest BCUT2D eigenvalue weighted by Gasteiger charge is -2.22. The Morgan fingerprint density at radius 1 is 1.08 bits per heavy atom. The van der Waals surface area contributed by atoms with Crippen molar-refractivity contribution in [2.45, 2.75) is 0 Å². The highest BCUT2D eigenvalue weighted by atomic mass is 35.5. The number of anilines is 1. The van der Waals surface area contributed by atoms with Crippen molar-refractivity contribution < 1.29 is 4.79 Å². The first-order valence-corrected chi connectivity index (χ1v) is 8.52. The molecule has 126 valence electrons. The lowest BCUT2D eigenvalue weighted by Crippen LogP contribution is -2.27. The molecular weight excluding hydrogens is 347 g/mol. The van der Waals surface area contributed by atoms with Crippen LogP contribution < -0.4 is 10.3 Å². The molecule has 0 aliphatic rings. The average Bonchev–Trinajstić information content (AvgIpc) is 2.63. The smallest absolute Gasteiger partial charge is 0.271 e. The van der Waals surface area contributed by atoms with Gasteiger partial charge in [-0.1, -0.05) is 12.1 Å². The second-order valence-corrected chi connectivity index (χ2v) is 5.65. The van der Waals surface area contributed by atoms with Gasteiger partial charge in [-0.2, -0.15) is 5.10 Å². The van der Waals surface area contributed by atoms with Gasteiger partial charge in [0.05, 0.1) is 6.21 Å². The van der Waals surface area contributed by atoms with E-state index in [0.29, 0.717) is 17.3 Å². The van der Waals surface area contributed by atoms with Crippen LogP contribution in [0.2, 0.25) is 0 Å². The van der Waals surface area contributed by atoms with E-state index >= 15 is 0 Å². The topological polar surface area (TPSA) is 57.6 Å². The van der Waals surface area contributed by atoms with Crippen LogP contribution in [0.15, 0.2) is 53.9 Å². The molecule has 1 N–H and O–H groups in total. The van der Waals surface area contributed by atoms with Gasteiger partial charge in [-0.3, -0.25) is 9.78 Å². The van der Waals surface area contributed by atoms with Crippen LogP contribution in [0, 0.1) is 0 Å². The van der Waals surface area contributed by atoms with Crippen molar-refractivity contribution in [3.8, 4) is 0 Å². The zero-order valence-electron chi connectivity index (χ0n) is 13.0. The van der Waals surface area contributed by atoms with Crippen molar-refractivity contribution in [2.75, 3.05) is 29.7 Å². The summed E-state index contributed by atoms with van der Waals surface area (Å²) in [6.45, 7) is 1.48.